The third-order valence-electron chi connectivity index (χ3n) is 3.47. The number of rotatable bonds is 4. The molecule has 1 aliphatic carbocycles. The molecule has 0 radical (unpaired) electrons. The lowest BCUT2D eigenvalue weighted by molar-refractivity contribution is 0.342. The molecule has 1 saturated carbocycles. The smallest absolute Gasteiger partial charge is 0.142 e. The fourth-order valence-electron chi connectivity index (χ4n) is 2.46. The van der Waals surface area contributed by atoms with E-state index in [2.05, 4.69) is 5.32 Å². The van der Waals surface area contributed by atoms with Gasteiger partial charge in [-0.15, -0.1) is 0 Å². The lowest BCUT2D eigenvalue weighted by Crippen LogP contribution is -2.24. The maximum absolute atomic E-state index is 13.2. The maximum Gasteiger partial charge on any atom is 0.142 e. The van der Waals surface area contributed by atoms with E-state index in [1.807, 2.05) is 6.07 Å². The zero-order valence-electron chi connectivity index (χ0n) is 10.0. The van der Waals surface area contributed by atoms with Crippen LogP contribution in [0.4, 0.5) is 4.39 Å². The molecule has 0 amide bonds. The molecule has 0 spiro atoms. The number of nitrogens with one attached hydrogen (secondary N) is 1. The van der Waals surface area contributed by atoms with Crippen LogP contribution in [0.5, 0.6) is 0 Å². The molecule has 0 atom stereocenters. The molecule has 94 valence electrons. The van der Waals surface area contributed by atoms with Crippen LogP contribution in [0.3, 0.4) is 0 Å². The number of benzene rings is 1. The molecule has 1 aromatic carbocycles. The summed E-state index contributed by atoms with van der Waals surface area (Å²) in [6.07, 6.45) is 6.78. The summed E-state index contributed by atoms with van der Waals surface area (Å²) in [4.78, 5) is 0. The summed E-state index contributed by atoms with van der Waals surface area (Å²) in [5, 5.41) is 3.60. The predicted octanol–water partition coefficient (Wildman–Crippen LogP) is 4.15. The molecule has 1 N–H and O–H groups in total. The van der Waals surface area contributed by atoms with E-state index in [1.165, 1.54) is 38.2 Å². The first-order chi connectivity index (χ1) is 8.25. The number of hydrogen-bond acceptors (Lipinski definition) is 1. The van der Waals surface area contributed by atoms with Crippen LogP contribution >= 0.6 is 11.6 Å². The molecule has 0 saturated heterocycles. The largest absolute Gasteiger partial charge is 0.312 e. The second kappa shape index (κ2) is 6.36. The highest BCUT2D eigenvalue weighted by Gasteiger charge is 2.12. The molecule has 3 heteroatoms. The van der Waals surface area contributed by atoms with Crippen LogP contribution in [0.1, 0.15) is 37.7 Å². The molecule has 0 bridgehead atoms. The van der Waals surface area contributed by atoms with E-state index in [-0.39, 0.29) is 10.8 Å². The van der Waals surface area contributed by atoms with E-state index in [0.717, 1.165) is 24.6 Å². The average molecular weight is 256 g/mol. The minimum atomic E-state index is -0.330. The molecule has 0 unspecified atom stereocenters. The van der Waals surface area contributed by atoms with E-state index in [4.69, 9.17) is 11.6 Å². The normalized spacial score (nSPS) is 17.3. The summed E-state index contributed by atoms with van der Waals surface area (Å²) in [7, 11) is 0. The van der Waals surface area contributed by atoms with Crippen molar-refractivity contribution in [1.82, 2.24) is 5.32 Å². The van der Waals surface area contributed by atoms with Gasteiger partial charge < -0.3 is 5.32 Å². The van der Waals surface area contributed by atoms with Crippen LogP contribution < -0.4 is 5.32 Å². The number of halogens is 2. The zero-order valence-corrected chi connectivity index (χ0v) is 10.8. The van der Waals surface area contributed by atoms with Gasteiger partial charge in [0.15, 0.2) is 0 Å². The van der Waals surface area contributed by atoms with Gasteiger partial charge in [0.05, 0.1) is 5.02 Å². The van der Waals surface area contributed by atoms with Gasteiger partial charge in [-0.1, -0.05) is 36.9 Å². The average Bonchev–Trinajstić information content (AvgIpc) is 2.35. The van der Waals surface area contributed by atoms with Crippen molar-refractivity contribution in [2.45, 2.75) is 38.6 Å². The maximum atomic E-state index is 13.2. The molecule has 2 rings (SSSR count). The SMILES string of the molecule is Fc1cc(CNCC2CCCCC2)ccc1Cl. The van der Waals surface area contributed by atoms with E-state index < -0.39 is 0 Å². The van der Waals surface area contributed by atoms with Gasteiger partial charge >= 0.3 is 0 Å². The molecule has 1 fully saturated rings. The lowest BCUT2D eigenvalue weighted by Gasteiger charge is -2.21. The first kappa shape index (κ1) is 12.8. The molecule has 1 aliphatic rings. The Bertz CT molecular complexity index is 361. The van der Waals surface area contributed by atoms with Crippen molar-refractivity contribution >= 4 is 11.6 Å². The first-order valence-corrected chi connectivity index (χ1v) is 6.78. The van der Waals surface area contributed by atoms with Crippen LogP contribution in [-0.4, -0.2) is 6.54 Å². The molecule has 1 aromatic rings. The first-order valence-electron chi connectivity index (χ1n) is 6.40. The van der Waals surface area contributed by atoms with Gasteiger partial charge in [-0.3, -0.25) is 0 Å². The summed E-state index contributed by atoms with van der Waals surface area (Å²) in [5.74, 6) is 0.476. The van der Waals surface area contributed by atoms with E-state index >= 15 is 0 Å². The van der Waals surface area contributed by atoms with Crippen LogP contribution in [0.15, 0.2) is 18.2 Å². The molecule has 1 nitrogen and oxygen atoms in total. The van der Waals surface area contributed by atoms with Gasteiger partial charge in [0.2, 0.25) is 0 Å². The third kappa shape index (κ3) is 3.97. The molecule has 0 aliphatic heterocycles. The van der Waals surface area contributed by atoms with Crippen LogP contribution in [0, 0.1) is 11.7 Å². The van der Waals surface area contributed by atoms with Gasteiger partial charge in [-0.05, 0) is 43.0 Å². The fourth-order valence-corrected chi connectivity index (χ4v) is 2.58. The van der Waals surface area contributed by atoms with Crippen molar-refractivity contribution in [3.8, 4) is 0 Å². The Kier molecular flexibility index (Phi) is 4.81. The predicted molar refractivity (Wildman–Crippen MR) is 69.7 cm³/mol. The van der Waals surface area contributed by atoms with Crippen LogP contribution in [0.25, 0.3) is 0 Å². The number of hydrogen-bond donors (Lipinski definition) is 1. The lowest BCUT2D eigenvalue weighted by atomic mass is 9.89. The quantitative estimate of drug-likeness (QED) is 0.852. The second-order valence-electron chi connectivity index (χ2n) is 4.88. The Hall–Kier alpha value is -0.600. The fraction of sp³-hybridized carbons (Fsp3) is 0.571. The van der Waals surface area contributed by atoms with Crippen molar-refractivity contribution in [2.75, 3.05) is 6.54 Å². The van der Waals surface area contributed by atoms with Crippen molar-refractivity contribution < 1.29 is 4.39 Å². The van der Waals surface area contributed by atoms with Gasteiger partial charge in [-0.25, -0.2) is 4.39 Å². The highest BCUT2D eigenvalue weighted by atomic mass is 35.5. The summed E-state index contributed by atoms with van der Waals surface area (Å²) < 4.78 is 13.2. The van der Waals surface area contributed by atoms with E-state index in [0.29, 0.717) is 0 Å². The Labute approximate surface area is 107 Å². The highest BCUT2D eigenvalue weighted by molar-refractivity contribution is 6.30. The summed E-state index contributed by atoms with van der Waals surface area (Å²) >= 11 is 5.64. The summed E-state index contributed by atoms with van der Waals surface area (Å²) in [5.41, 5.74) is 0.961. The molecule has 17 heavy (non-hydrogen) atoms. The third-order valence-corrected chi connectivity index (χ3v) is 3.78. The van der Waals surface area contributed by atoms with Crippen molar-refractivity contribution in [3.05, 3.63) is 34.6 Å². The summed E-state index contributed by atoms with van der Waals surface area (Å²) in [6, 6.07) is 5.00. The van der Waals surface area contributed by atoms with E-state index in [1.54, 1.807) is 6.07 Å². The van der Waals surface area contributed by atoms with Crippen molar-refractivity contribution in [3.63, 3.8) is 0 Å². The highest BCUT2D eigenvalue weighted by Crippen LogP contribution is 2.23. The van der Waals surface area contributed by atoms with Crippen molar-refractivity contribution in [2.24, 2.45) is 5.92 Å². The zero-order chi connectivity index (χ0) is 12.1. The molecular formula is C14H19ClFN. The van der Waals surface area contributed by atoms with Gasteiger partial charge in [-0.2, -0.15) is 0 Å². The Morgan fingerprint density at radius 1 is 1.24 bits per heavy atom. The molecule has 0 heterocycles. The molecular weight excluding hydrogens is 237 g/mol. The summed E-state index contributed by atoms with van der Waals surface area (Å²) in [6.45, 7) is 1.77. The van der Waals surface area contributed by atoms with Crippen molar-refractivity contribution in [1.29, 1.82) is 0 Å². The van der Waals surface area contributed by atoms with E-state index in [9.17, 15) is 4.39 Å². The van der Waals surface area contributed by atoms with Gasteiger partial charge in [0.25, 0.3) is 0 Å². The minimum Gasteiger partial charge on any atom is -0.312 e. The Morgan fingerprint density at radius 3 is 2.71 bits per heavy atom. The van der Waals surface area contributed by atoms with Gasteiger partial charge in [0, 0.05) is 6.54 Å². The topological polar surface area (TPSA) is 12.0 Å². The standard InChI is InChI=1S/C14H19ClFN/c15-13-7-6-12(8-14(13)16)10-17-9-11-4-2-1-3-5-11/h6-8,11,17H,1-5,9-10H2. The Balaban J connectivity index is 1.75. The van der Waals surface area contributed by atoms with Crippen LogP contribution in [0.2, 0.25) is 5.02 Å². The monoisotopic (exact) mass is 255 g/mol. The molecule has 0 aromatic heterocycles. The van der Waals surface area contributed by atoms with Gasteiger partial charge in [0.1, 0.15) is 5.82 Å². The minimum absolute atomic E-state index is 0.195. The Morgan fingerprint density at radius 2 is 2.00 bits per heavy atom. The second-order valence-corrected chi connectivity index (χ2v) is 5.29. The van der Waals surface area contributed by atoms with Crippen LogP contribution in [-0.2, 0) is 6.54 Å².